The van der Waals surface area contributed by atoms with Gasteiger partial charge in [-0.05, 0) is 13.0 Å². The summed E-state index contributed by atoms with van der Waals surface area (Å²) in [5.41, 5.74) is 0.476. The molecule has 0 bridgehead atoms. The van der Waals surface area contributed by atoms with E-state index in [4.69, 9.17) is 9.47 Å². The van der Waals surface area contributed by atoms with Crippen LogP contribution in [0.2, 0.25) is 0 Å². The maximum absolute atomic E-state index is 11.9. The number of ether oxygens (including phenoxy) is 2. The first-order valence-corrected chi connectivity index (χ1v) is 6.16. The Hall–Kier alpha value is -1.40. The van der Waals surface area contributed by atoms with Gasteiger partial charge in [-0.3, -0.25) is 9.58 Å². The van der Waals surface area contributed by atoms with Gasteiger partial charge in [0.25, 0.3) is 0 Å². The van der Waals surface area contributed by atoms with Gasteiger partial charge < -0.3 is 9.47 Å². The van der Waals surface area contributed by atoms with Crippen molar-refractivity contribution in [3.8, 4) is 0 Å². The van der Waals surface area contributed by atoms with Gasteiger partial charge in [0.1, 0.15) is 11.8 Å². The maximum Gasteiger partial charge on any atom is 0.356 e. The molecule has 1 fully saturated rings. The average Bonchev–Trinajstić information content (AvgIpc) is 2.76. The van der Waals surface area contributed by atoms with Crippen molar-refractivity contribution in [2.75, 3.05) is 32.8 Å². The second kappa shape index (κ2) is 5.97. The first-order chi connectivity index (χ1) is 8.66. The van der Waals surface area contributed by atoms with E-state index in [0.717, 1.165) is 32.8 Å². The molecule has 0 amide bonds. The minimum Gasteiger partial charge on any atom is -0.457 e. The highest BCUT2D eigenvalue weighted by Crippen LogP contribution is 2.05. The molecule has 2 heterocycles. The molecule has 0 spiro atoms. The molecular weight excluding hydrogens is 234 g/mol. The minimum atomic E-state index is -0.323. The van der Waals surface area contributed by atoms with Gasteiger partial charge in [0.15, 0.2) is 0 Å². The number of carbonyl (C=O) groups is 1. The number of esters is 1. The van der Waals surface area contributed by atoms with Crippen molar-refractivity contribution < 1.29 is 14.3 Å². The lowest BCUT2D eigenvalue weighted by atomic mass is 10.3. The lowest BCUT2D eigenvalue weighted by Gasteiger charge is -2.28. The van der Waals surface area contributed by atoms with E-state index < -0.39 is 0 Å². The van der Waals surface area contributed by atoms with E-state index in [1.165, 1.54) is 4.68 Å². The molecule has 0 N–H and O–H groups in total. The summed E-state index contributed by atoms with van der Waals surface area (Å²) in [6.45, 7) is 5.95. The molecule has 0 unspecified atom stereocenters. The second-order valence-corrected chi connectivity index (χ2v) is 4.47. The number of hydrogen-bond acceptors (Lipinski definition) is 5. The zero-order valence-corrected chi connectivity index (χ0v) is 10.8. The molecule has 6 nitrogen and oxygen atoms in total. The first kappa shape index (κ1) is 13.0. The molecule has 6 heteroatoms. The molecule has 1 saturated heterocycles. The lowest BCUT2D eigenvalue weighted by Crippen LogP contribution is -2.41. The van der Waals surface area contributed by atoms with E-state index in [2.05, 4.69) is 10.00 Å². The molecular formula is C12H19N3O3. The Morgan fingerprint density at radius 3 is 2.89 bits per heavy atom. The van der Waals surface area contributed by atoms with Gasteiger partial charge in [-0.15, -0.1) is 0 Å². The largest absolute Gasteiger partial charge is 0.457 e. The summed E-state index contributed by atoms with van der Waals surface area (Å²) in [5, 5.41) is 3.95. The number of carbonyl (C=O) groups excluding carboxylic acids is 1. The first-order valence-electron chi connectivity index (χ1n) is 6.16. The fourth-order valence-corrected chi connectivity index (χ4v) is 2.00. The number of rotatable bonds is 4. The van der Waals surface area contributed by atoms with E-state index in [-0.39, 0.29) is 12.1 Å². The molecule has 0 radical (unpaired) electrons. The Kier molecular flexibility index (Phi) is 4.33. The van der Waals surface area contributed by atoms with Gasteiger partial charge in [0.05, 0.1) is 13.2 Å². The lowest BCUT2D eigenvalue weighted by molar-refractivity contribution is -0.000144. The van der Waals surface area contributed by atoms with Crippen LogP contribution < -0.4 is 0 Å². The summed E-state index contributed by atoms with van der Waals surface area (Å²) in [4.78, 5) is 14.1. The van der Waals surface area contributed by atoms with Gasteiger partial charge in [0, 0.05) is 32.9 Å². The molecule has 0 saturated carbocycles. The third-order valence-corrected chi connectivity index (χ3v) is 2.96. The van der Waals surface area contributed by atoms with E-state index in [1.54, 1.807) is 19.3 Å². The second-order valence-electron chi connectivity index (χ2n) is 4.47. The molecule has 0 aromatic carbocycles. The van der Waals surface area contributed by atoms with E-state index in [0.29, 0.717) is 5.69 Å². The van der Waals surface area contributed by atoms with Gasteiger partial charge >= 0.3 is 5.97 Å². The predicted molar refractivity (Wildman–Crippen MR) is 65.3 cm³/mol. The third kappa shape index (κ3) is 3.30. The van der Waals surface area contributed by atoms with E-state index in [1.807, 2.05) is 6.92 Å². The summed E-state index contributed by atoms with van der Waals surface area (Å²) in [5.74, 6) is -0.323. The monoisotopic (exact) mass is 253 g/mol. The molecule has 1 aliphatic heterocycles. The van der Waals surface area contributed by atoms with Gasteiger partial charge in [-0.25, -0.2) is 4.79 Å². The zero-order valence-electron chi connectivity index (χ0n) is 10.8. The standard InChI is InChI=1S/C12H19N3O3/c1-10(9-15-5-7-17-8-6-15)18-12(16)11-3-4-13-14(11)2/h3-4,10H,5-9H2,1-2H3/t10-/m0/s1. The van der Waals surface area contributed by atoms with Crippen LogP contribution in [0.4, 0.5) is 0 Å². The normalized spacial score (nSPS) is 18.6. The van der Waals surface area contributed by atoms with Crippen LogP contribution in [0.25, 0.3) is 0 Å². The number of nitrogens with zero attached hydrogens (tertiary/aromatic N) is 3. The predicted octanol–water partition coefficient (Wildman–Crippen LogP) is 0.298. The van der Waals surface area contributed by atoms with Crippen molar-refractivity contribution in [2.45, 2.75) is 13.0 Å². The van der Waals surface area contributed by atoms with Gasteiger partial charge in [-0.2, -0.15) is 5.10 Å². The van der Waals surface area contributed by atoms with Crippen molar-refractivity contribution in [3.05, 3.63) is 18.0 Å². The zero-order chi connectivity index (χ0) is 13.0. The number of aromatic nitrogens is 2. The third-order valence-electron chi connectivity index (χ3n) is 2.96. The molecule has 1 aromatic heterocycles. The van der Waals surface area contributed by atoms with E-state index in [9.17, 15) is 4.79 Å². The fraction of sp³-hybridized carbons (Fsp3) is 0.667. The summed E-state index contributed by atoms with van der Waals surface area (Å²) in [6, 6.07) is 1.66. The highest BCUT2D eigenvalue weighted by molar-refractivity contribution is 5.87. The molecule has 100 valence electrons. The Labute approximate surface area is 106 Å². The maximum atomic E-state index is 11.9. The summed E-state index contributed by atoms with van der Waals surface area (Å²) < 4.78 is 12.2. The highest BCUT2D eigenvalue weighted by atomic mass is 16.5. The molecule has 18 heavy (non-hydrogen) atoms. The average molecular weight is 253 g/mol. The van der Waals surface area contributed by atoms with Crippen LogP contribution in [-0.4, -0.2) is 59.6 Å². The summed E-state index contributed by atoms with van der Waals surface area (Å²) in [7, 11) is 1.73. The van der Waals surface area contributed by atoms with Crippen molar-refractivity contribution in [2.24, 2.45) is 7.05 Å². The van der Waals surface area contributed by atoms with Crippen LogP contribution in [0.15, 0.2) is 12.3 Å². The SMILES string of the molecule is C[C@@H](CN1CCOCC1)OC(=O)c1ccnn1C. The number of aryl methyl sites for hydroxylation is 1. The molecule has 1 atom stereocenters. The number of hydrogen-bond donors (Lipinski definition) is 0. The highest BCUT2D eigenvalue weighted by Gasteiger charge is 2.18. The van der Waals surface area contributed by atoms with Crippen LogP contribution in [0.1, 0.15) is 17.4 Å². The van der Waals surface area contributed by atoms with Crippen molar-refractivity contribution in [3.63, 3.8) is 0 Å². The topological polar surface area (TPSA) is 56.6 Å². The van der Waals surface area contributed by atoms with Crippen LogP contribution >= 0.6 is 0 Å². The molecule has 1 aromatic rings. The fourth-order valence-electron chi connectivity index (χ4n) is 2.00. The van der Waals surface area contributed by atoms with Crippen molar-refractivity contribution >= 4 is 5.97 Å². The Bertz CT molecular complexity index is 399. The quantitative estimate of drug-likeness (QED) is 0.722. The van der Waals surface area contributed by atoms with Crippen LogP contribution in [0, 0.1) is 0 Å². The summed E-state index contributed by atoms with van der Waals surface area (Å²) >= 11 is 0. The van der Waals surface area contributed by atoms with E-state index >= 15 is 0 Å². The van der Waals surface area contributed by atoms with Crippen LogP contribution in [0.5, 0.6) is 0 Å². The van der Waals surface area contributed by atoms with Crippen molar-refractivity contribution in [1.82, 2.24) is 14.7 Å². The molecule has 0 aliphatic carbocycles. The smallest absolute Gasteiger partial charge is 0.356 e. The Balaban J connectivity index is 1.81. The molecule has 2 rings (SSSR count). The Morgan fingerprint density at radius 1 is 1.56 bits per heavy atom. The van der Waals surface area contributed by atoms with Crippen LogP contribution in [0.3, 0.4) is 0 Å². The summed E-state index contributed by atoms with van der Waals surface area (Å²) in [6.07, 6.45) is 1.45. The van der Waals surface area contributed by atoms with Gasteiger partial charge in [-0.1, -0.05) is 0 Å². The van der Waals surface area contributed by atoms with Crippen LogP contribution in [-0.2, 0) is 16.5 Å². The minimum absolute atomic E-state index is 0.134. The number of morpholine rings is 1. The van der Waals surface area contributed by atoms with Crippen molar-refractivity contribution in [1.29, 1.82) is 0 Å². The molecule has 1 aliphatic rings. The van der Waals surface area contributed by atoms with Gasteiger partial charge in [0.2, 0.25) is 0 Å². The Morgan fingerprint density at radius 2 is 2.28 bits per heavy atom.